The fourth-order valence-corrected chi connectivity index (χ4v) is 3.43. The van der Waals surface area contributed by atoms with Gasteiger partial charge < -0.3 is 9.05 Å². The summed E-state index contributed by atoms with van der Waals surface area (Å²) in [6, 6.07) is 0. The standard InChI is InChI=1S/C11H24FO3P/c1-8(2)7-11(12)16(13,14-9(3)4)15-10(5)6/h8-11H,7H2,1-6H3. The molecule has 0 spiro atoms. The summed E-state index contributed by atoms with van der Waals surface area (Å²) in [6.45, 7) is 10.6. The van der Waals surface area contributed by atoms with E-state index in [1.165, 1.54) is 0 Å². The Balaban J connectivity index is 4.70. The number of halogens is 1. The maximum Gasteiger partial charge on any atom is 0.364 e. The fraction of sp³-hybridized carbons (Fsp3) is 1.00. The molecule has 3 nitrogen and oxygen atoms in total. The second-order valence-electron chi connectivity index (χ2n) is 4.91. The van der Waals surface area contributed by atoms with Gasteiger partial charge in [-0.25, -0.2) is 4.39 Å². The van der Waals surface area contributed by atoms with E-state index in [0.29, 0.717) is 0 Å². The maximum atomic E-state index is 13.9. The predicted octanol–water partition coefficient (Wildman–Crippen LogP) is 4.37. The van der Waals surface area contributed by atoms with E-state index in [4.69, 9.17) is 9.05 Å². The molecule has 0 heterocycles. The van der Waals surface area contributed by atoms with Crippen molar-refractivity contribution in [2.24, 2.45) is 5.92 Å². The van der Waals surface area contributed by atoms with E-state index >= 15 is 0 Å². The molecule has 0 rings (SSSR count). The molecule has 0 aliphatic rings. The van der Waals surface area contributed by atoms with Crippen LogP contribution in [0, 0.1) is 5.92 Å². The van der Waals surface area contributed by atoms with Gasteiger partial charge in [0.1, 0.15) is 0 Å². The van der Waals surface area contributed by atoms with Crippen molar-refractivity contribution in [1.29, 1.82) is 0 Å². The van der Waals surface area contributed by atoms with Crippen LogP contribution >= 0.6 is 7.60 Å². The minimum atomic E-state index is -3.64. The molecule has 0 saturated carbocycles. The normalized spacial score (nSPS) is 15.1. The smallest absolute Gasteiger partial charge is 0.304 e. The van der Waals surface area contributed by atoms with Crippen molar-refractivity contribution in [2.75, 3.05) is 0 Å². The summed E-state index contributed by atoms with van der Waals surface area (Å²) in [7, 11) is -3.64. The van der Waals surface area contributed by atoms with E-state index in [0.717, 1.165) is 0 Å². The predicted molar refractivity (Wildman–Crippen MR) is 64.4 cm³/mol. The van der Waals surface area contributed by atoms with Crippen LogP contribution in [0.2, 0.25) is 0 Å². The largest absolute Gasteiger partial charge is 0.364 e. The van der Waals surface area contributed by atoms with Crippen molar-refractivity contribution >= 4 is 7.60 Å². The first kappa shape index (κ1) is 16.1. The highest BCUT2D eigenvalue weighted by molar-refractivity contribution is 7.54. The summed E-state index contributed by atoms with van der Waals surface area (Å²) >= 11 is 0. The lowest BCUT2D eigenvalue weighted by Crippen LogP contribution is -2.16. The van der Waals surface area contributed by atoms with Crippen molar-refractivity contribution in [2.45, 2.75) is 66.1 Å². The van der Waals surface area contributed by atoms with Crippen molar-refractivity contribution in [3.8, 4) is 0 Å². The van der Waals surface area contributed by atoms with Crippen molar-refractivity contribution in [1.82, 2.24) is 0 Å². The minimum Gasteiger partial charge on any atom is -0.304 e. The van der Waals surface area contributed by atoms with E-state index in [1.807, 2.05) is 13.8 Å². The first-order valence-corrected chi connectivity index (χ1v) is 7.39. The zero-order valence-electron chi connectivity index (χ0n) is 11.1. The molecule has 16 heavy (non-hydrogen) atoms. The highest BCUT2D eigenvalue weighted by atomic mass is 31.2. The lowest BCUT2D eigenvalue weighted by Gasteiger charge is -2.26. The number of alkyl halides is 1. The van der Waals surface area contributed by atoms with Crippen molar-refractivity contribution < 1.29 is 18.0 Å². The lowest BCUT2D eigenvalue weighted by molar-refractivity contribution is 0.119. The van der Waals surface area contributed by atoms with Crippen LogP contribution in [0.1, 0.15) is 48.0 Å². The molecule has 0 radical (unpaired) electrons. The number of hydrogen-bond acceptors (Lipinski definition) is 3. The average molecular weight is 254 g/mol. The van der Waals surface area contributed by atoms with Gasteiger partial charge in [-0.2, -0.15) is 0 Å². The minimum absolute atomic E-state index is 0.120. The molecule has 0 fully saturated rings. The SMILES string of the molecule is CC(C)CC(F)P(=O)(OC(C)C)OC(C)C. The molecule has 0 bridgehead atoms. The van der Waals surface area contributed by atoms with Gasteiger partial charge in [-0.15, -0.1) is 0 Å². The van der Waals surface area contributed by atoms with Gasteiger partial charge in [0, 0.05) is 0 Å². The zero-order valence-corrected chi connectivity index (χ0v) is 12.0. The Labute approximate surface area is 98.2 Å². The average Bonchev–Trinajstić information content (AvgIpc) is 1.98. The molecular weight excluding hydrogens is 230 g/mol. The molecule has 0 aromatic rings. The first-order valence-electron chi connectivity index (χ1n) is 5.78. The molecule has 0 saturated heterocycles. The number of hydrogen-bond donors (Lipinski definition) is 0. The van der Waals surface area contributed by atoms with Gasteiger partial charge >= 0.3 is 7.60 Å². The molecule has 5 heteroatoms. The summed E-state index contributed by atoms with van der Waals surface area (Å²) in [5, 5.41) is 0. The highest BCUT2D eigenvalue weighted by Crippen LogP contribution is 2.57. The maximum absolute atomic E-state index is 13.9. The van der Waals surface area contributed by atoms with Crippen LogP contribution in [0.3, 0.4) is 0 Å². The molecule has 0 N–H and O–H groups in total. The Morgan fingerprint density at radius 1 is 1.00 bits per heavy atom. The second-order valence-corrected chi connectivity index (χ2v) is 6.97. The van der Waals surface area contributed by atoms with Crippen LogP contribution in [-0.4, -0.2) is 18.1 Å². The topological polar surface area (TPSA) is 35.5 Å². The lowest BCUT2D eigenvalue weighted by atomic mass is 10.2. The Bertz CT molecular complexity index is 227. The third-order valence-corrected chi connectivity index (χ3v) is 4.05. The third kappa shape index (κ3) is 5.97. The molecule has 0 aromatic heterocycles. The fourth-order valence-electron chi connectivity index (χ4n) is 1.26. The molecule has 0 amide bonds. The Morgan fingerprint density at radius 3 is 1.62 bits per heavy atom. The van der Waals surface area contributed by atoms with Crippen LogP contribution < -0.4 is 0 Å². The van der Waals surface area contributed by atoms with E-state index in [1.54, 1.807) is 27.7 Å². The quantitative estimate of drug-likeness (QED) is 0.633. The molecule has 1 unspecified atom stereocenters. The summed E-state index contributed by atoms with van der Waals surface area (Å²) < 4.78 is 36.5. The van der Waals surface area contributed by atoms with Crippen LogP contribution in [0.5, 0.6) is 0 Å². The van der Waals surface area contributed by atoms with Gasteiger partial charge in [-0.3, -0.25) is 4.57 Å². The number of rotatable bonds is 7. The van der Waals surface area contributed by atoms with Gasteiger partial charge in [-0.05, 0) is 40.0 Å². The van der Waals surface area contributed by atoms with Crippen molar-refractivity contribution in [3.05, 3.63) is 0 Å². The van der Waals surface area contributed by atoms with E-state index in [-0.39, 0.29) is 24.5 Å². The highest BCUT2D eigenvalue weighted by Gasteiger charge is 2.38. The molecule has 0 aromatic carbocycles. The summed E-state index contributed by atoms with van der Waals surface area (Å²) in [5.74, 6) is -1.42. The van der Waals surface area contributed by atoms with Gasteiger partial charge in [0.15, 0.2) is 0 Å². The molecular formula is C11H24FO3P. The van der Waals surface area contributed by atoms with E-state index in [9.17, 15) is 8.96 Å². The molecule has 98 valence electrons. The molecule has 0 aliphatic carbocycles. The zero-order chi connectivity index (χ0) is 12.9. The second kappa shape index (κ2) is 6.73. The van der Waals surface area contributed by atoms with Crippen LogP contribution in [-0.2, 0) is 13.6 Å². The first-order chi connectivity index (χ1) is 7.17. The van der Waals surface area contributed by atoms with Gasteiger partial charge in [-0.1, -0.05) is 13.8 Å². The van der Waals surface area contributed by atoms with E-state index in [2.05, 4.69) is 0 Å². The molecule has 0 aliphatic heterocycles. The summed E-state index contributed by atoms with van der Waals surface area (Å²) in [4.78, 5) is 0. The van der Waals surface area contributed by atoms with Crippen LogP contribution in [0.25, 0.3) is 0 Å². The van der Waals surface area contributed by atoms with E-state index < -0.39 is 13.5 Å². The third-order valence-electron chi connectivity index (χ3n) is 1.72. The van der Waals surface area contributed by atoms with Gasteiger partial charge in [0.05, 0.1) is 12.2 Å². The van der Waals surface area contributed by atoms with Crippen LogP contribution in [0.15, 0.2) is 0 Å². The monoisotopic (exact) mass is 254 g/mol. The van der Waals surface area contributed by atoms with Gasteiger partial charge in [0.2, 0.25) is 5.91 Å². The van der Waals surface area contributed by atoms with Crippen LogP contribution in [0.4, 0.5) is 4.39 Å². The summed E-state index contributed by atoms with van der Waals surface area (Å²) in [5.41, 5.74) is 0. The van der Waals surface area contributed by atoms with Crippen molar-refractivity contribution in [3.63, 3.8) is 0 Å². The summed E-state index contributed by atoms with van der Waals surface area (Å²) in [6.07, 6.45) is -0.429. The molecule has 1 atom stereocenters. The Morgan fingerprint density at radius 2 is 1.38 bits per heavy atom. The Kier molecular flexibility index (Phi) is 6.76. The Hall–Kier alpha value is 0.0800. The van der Waals surface area contributed by atoms with Gasteiger partial charge in [0.25, 0.3) is 0 Å².